The third-order valence-electron chi connectivity index (χ3n) is 3.29. The van der Waals surface area contributed by atoms with Gasteiger partial charge in [0.2, 0.25) is 0 Å². The van der Waals surface area contributed by atoms with Crippen LogP contribution >= 0.6 is 0 Å². The number of hydrogen-bond donors (Lipinski definition) is 0. The van der Waals surface area contributed by atoms with Gasteiger partial charge < -0.3 is 0 Å². The molecule has 0 bridgehead atoms. The highest BCUT2D eigenvalue weighted by Gasteiger charge is 2.30. The SMILES string of the molecule is CCC#CC1(C)C=C(/C(C)=C/c2ccccc2)C1. The summed E-state index contributed by atoms with van der Waals surface area (Å²) in [5.41, 5.74) is 4.17. The Morgan fingerprint density at radius 2 is 2.00 bits per heavy atom. The number of rotatable bonds is 2. The van der Waals surface area contributed by atoms with Crippen molar-refractivity contribution in [2.45, 2.75) is 33.6 Å². The minimum atomic E-state index is 0.108. The van der Waals surface area contributed by atoms with Gasteiger partial charge in [0, 0.05) is 6.42 Å². The van der Waals surface area contributed by atoms with Gasteiger partial charge in [-0.05, 0) is 37.0 Å². The van der Waals surface area contributed by atoms with Crippen molar-refractivity contribution in [2.75, 3.05) is 0 Å². The Labute approximate surface area is 110 Å². The van der Waals surface area contributed by atoms with Crippen LogP contribution in [0.2, 0.25) is 0 Å². The van der Waals surface area contributed by atoms with E-state index in [-0.39, 0.29) is 5.41 Å². The largest absolute Gasteiger partial charge is 0.103 e. The van der Waals surface area contributed by atoms with Gasteiger partial charge in [0.1, 0.15) is 0 Å². The molecule has 1 atom stereocenters. The van der Waals surface area contributed by atoms with Crippen LogP contribution in [0.3, 0.4) is 0 Å². The molecule has 0 N–H and O–H groups in total. The Morgan fingerprint density at radius 1 is 1.33 bits per heavy atom. The lowest BCUT2D eigenvalue weighted by Gasteiger charge is -2.32. The topological polar surface area (TPSA) is 0 Å². The van der Waals surface area contributed by atoms with E-state index in [4.69, 9.17) is 0 Å². The molecule has 0 amide bonds. The van der Waals surface area contributed by atoms with E-state index in [2.05, 4.69) is 69.0 Å². The van der Waals surface area contributed by atoms with Crippen LogP contribution in [0.1, 0.15) is 39.2 Å². The Hall–Kier alpha value is -1.74. The fourth-order valence-electron chi connectivity index (χ4n) is 2.27. The van der Waals surface area contributed by atoms with Crippen molar-refractivity contribution in [3.8, 4) is 11.8 Å². The van der Waals surface area contributed by atoms with Gasteiger partial charge in [0.15, 0.2) is 0 Å². The van der Waals surface area contributed by atoms with E-state index < -0.39 is 0 Å². The normalized spacial score (nSPS) is 22.6. The quantitative estimate of drug-likeness (QED) is 0.644. The molecule has 0 spiro atoms. The molecule has 0 nitrogen and oxygen atoms in total. The average molecular weight is 236 g/mol. The smallest absolute Gasteiger partial charge is 0.0511 e. The molecule has 0 heteroatoms. The highest BCUT2D eigenvalue weighted by atomic mass is 14.3. The maximum absolute atomic E-state index is 3.34. The number of allylic oxidation sites excluding steroid dienone is 3. The van der Waals surface area contributed by atoms with Crippen molar-refractivity contribution in [1.82, 2.24) is 0 Å². The fourth-order valence-corrected chi connectivity index (χ4v) is 2.27. The van der Waals surface area contributed by atoms with E-state index in [1.165, 1.54) is 16.7 Å². The standard InChI is InChI=1S/C18H20/c1-4-5-11-18(3)13-17(14-18)15(2)12-16-9-7-6-8-10-16/h6-10,12-13H,4,14H2,1-3H3/b15-12+. The van der Waals surface area contributed by atoms with Crippen molar-refractivity contribution in [1.29, 1.82) is 0 Å². The van der Waals surface area contributed by atoms with E-state index in [1.807, 2.05) is 6.07 Å². The van der Waals surface area contributed by atoms with Crippen LogP contribution in [0, 0.1) is 17.3 Å². The zero-order valence-corrected chi connectivity index (χ0v) is 11.5. The first-order valence-corrected chi connectivity index (χ1v) is 6.58. The van der Waals surface area contributed by atoms with Crippen molar-refractivity contribution in [2.24, 2.45) is 5.41 Å². The van der Waals surface area contributed by atoms with Crippen LogP contribution in [0.4, 0.5) is 0 Å². The van der Waals surface area contributed by atoms with Crippen LogP contribution in [0.15, 0.2) is 47.6 Å². The summed E-state index contributed by atoms with van der Waals surface area (Å²) in [4.78, 5) is 0. The summed E-state index contributed by atoms with van der Waals surface area (Å²) in [6.45, 7) is 6.50. The third kappa shape index (κ3) is 2.93. The lowest BCUT2D eigenvalue weighted by molar-refractivity contribution is 0.509. The van der Waals surface area contributed by atoms with Gasteiger partial charge in [-0.2, -0.15) is 0 Å². The molecule has 0 saturated heterocycles. The zero-order chi connectivity index (χ0) is 13.0. The molecule has 18 heavy (non-hydrogen) atoms. The maximum Gasteiger partial charge on any atom is 0.0511 e. The van der Waals surface area contributed by atoms with Crippen LogP contribution in [0.5, 0.6) is 0 Å². The average Bonchev–Trinajstić information content (AvgIpc) is 2.34. The molecule has 2 rings (SSSR count). The summed E-state index contributed by atoms with van der Waals surface area (Å²) < 4.78 is 0. The van der Waals surface area contributed by atoms with E-state index >= 15 is 0 Å². The van der Waals surface area contributed by atoms with Gasteiger partial charge in [0.05, 0.1) is 5.41 Å². The molecule has 1 aliphatic rings. The van der Waals surface area contributed by atoms with Crippen molar-refractivity contribution >= 4 is 6.08 Å². The summed E-state index contributed by atoms with van der Waals surface area (Å²) in [6, 6.07) is 10.5. The predicted molar refractivity (Wildman–Crippen MR) is 79.0 cm³/mol. The third-order valence-corrected chi connectivity index (χ3v) is 3.29. The van der Waals surface area contributed by atoms with Gasteiger partial charge in [0.25, 0.3) is 0 Å². The first kappa shape index (κ1) is 12.7. The van der Waals surface area contributed by atoms with E-state index in [0.29, 0.717) is 0 Å². The monoisotopic (exact) mass is 236 g/mol. The Balaban J connectivity index is 2.12. The molecule has 92 valence electrons. The van der Waals surface area contributed by atoms with Gasteiger partial charge in [-0.1, -0.05) is 55.3 Å². The van der Waals surface area contributed by atoms with Crippen molar-refractivity contribution in [3.63, 3.8) is 0 Å². The summed E-state index contributed by atoms with van der Waals surface area (Å²) in [6.07, 6.45) is 6.58. The molecule has 1 aromatic carbocycles. The first-order valence-electron chi connectivity index (χ1n) is 6.58. The molecule has 1 aromatic rings. The van der Waals surface area contributed by atoms with E-state index in [1.54, 1.807) is 0 Å². The Morgan fingerprint density at radius 3 is 2.61 bits per heavy atom. The lowest BCUT2D eigenvalue weighted by atomic mass is 9.71. The molecule has 0 saturated carbocycles. The highest BCUT2D eigenvalue weighted by Crippen LogP contribution is 2.41. The molecule has 0 heterocycles. The fraction of sp³-hybridized carbons (Fsp3) is 0.333. The molecular weight excluding hydrogens is 216 g/mol. The summed E-state index contributed by atoms with van der Waals surface area (Å²) in [7, 11) is 0. The second-order valence-corrected chi connectivity index (χ2v) is 5.16. The number of hydrogen-bond acceptors (Lipinski definition) is 0. The maximum atomic E-state index is 3.34. The minimum Gasteiger partial charge on any atom is -0.103 e. The Kier molecular flexibility index (Phi) is 3.72. The second kappa shape index (κ2) is 5.27. The molecule has 1 unspecified atom stereocenters. The second-order valence-electron chi connectivity index (χ2n) is 5.16. The Bertz CT molecular complexity index is 534. The van der Waals surface area contributed by atoms with E-state index in [0.717, 1.165) is 12.8 Å². The molecule has 0 radical (unpaired) electrons. The molecular formula is C18H20. The summed E-state index contributed by atoms with van der Waals surface area (Å²) in [5.74, 6) is 6.53. The van der Waals surface area contributed by atoms with Gasteiger partial charge in [-0.3, -0.25) is 0 Å². The summed E-state index contributed by atoms with van der Waals surface area (Å²) in [5, 5.41) is 0. The van der Waals surface area contributed by atoms with Gasteiger partial charge in [-0.25, -0.2) is 0 Å². The highest BCUT2D eigenvalue weighted by molar-refractivity contribution is 5.60. The van der Waals surface area contributed by atoms with Gasteiger partial charge >= 0.3 is 0 Å². The molecule has 0 aromatic heterocycles. The molecule has 0 fully saturated rings. The molecule has 0 aliphatic heterocycles. The van der Waals surface area contributed by atoms with Gasteiger partial charge in [-0.15, -0.1) is 5.92 Å². The summed E-state index contributed by atoms with van der Waals surface area (Å²) >= 11 is 0. The van der Waals surface area contributed by atoms with Crippen LogP contribution in [-0.2, 0) is 0 Å². The van der Waals surface area contributed by atoms with Crippen LogP contribution in [-0.4, -0.2) is 0 Å². The first-order chi connectivity index (χ1) is 8.63. The minimum absolute atomic E-state index is 0.108. The lowest BCUT2D eigenvalue weighted by Crippen LogP contribution is -2.22. The van der Waals surface area contributed by atoms with Crippen LogP contribution < -0.4 is 0 Å². The molecule has 1 aliphatic carbocycles. The van der Waals surface area contributed by atoms with E-state index in [9.17, 15) is 0 Å². The van der Waals surface area contributed by atoms with Crippen LogP contribution in [0.25, 0.3) is 6.08 Å². The number of benzene rings is 1. The van der Waals surface area contributed by atoms with Crippen molar-refractivity contribution in [3.05, 3.63) is 53.1 Å². The van der Waals surface area contributed by atoms with Crippen molar-refractivity contribution < 1.29 is 0 Å². The zero-order valence-electron chi connectivity index (χ0n) is 11.5. The predicted octanol–water partition coefficient (Wildman–Crippen LogP) is 4.84.